The maximum atomic E-state index is 13.2. The number of likely N-dealkylation sites (tertiary alicyclic amines) is 1. The van der Waals surface area contributed by atoms with Gasteiger partial charge in [0.15, 0.2) is 0 Å². The molecule has 2 saturated heterocycles. The molecule has 0 aliphatic carbocycles. The molecule has 6 nitrogen and oxygen atoms in total. The highest BCUT2D eigenvalue weighted by molar-refractivity contribution is 5.92. The van der Waals surface area contributed by atoms with Crippen LogP contribution in [0.5, 0.6) is 0 Å². The molecule has 2 aliphatic heterocycles. The number of nitrogens with zero attached hydrogens (tertiary/aromatic N) is 4. The number of aromatic nitrogens is 2. The van der Waals surface area contributed by atoms with Gasteiger partial charge in [0.25, 0.3) is 5.91 Å². The zero-order valence-electron chi connectivity index (χ0n) is 15.3. The molecule has 0 bridgehead atoms. The van der Waals surface area contributed by atoms with Crippen LogP contribution in [0.3, 0.4) is 0 Å². The van der Waals surface area contributed by atoms with E-state index in [-0.39, 0.29) is 18.1 Å². The number of carbonyl (C=O) groups excluding carboxylic acids is 1. The first-order valence-corrected chi connectivity index (χ1v) is 9.40. The predicted molar refractivity (Wildman–Crippen MR) is 98.8 cm³/mol. The summed E-state index contributed by atoms with van der Waals surface area (Å²) >= 11 is 0. The number of hydrogen-bond acceptors (Lipinski definition) is 4. The first-order chi connectivity index (χ1) is 12.7. The molecule has 26 heavy (non-hydrogen) atoms. The quantitative estimate of drug-likeness (QED) is 0.844. The van der Waals surface area contributed by atoms with Crippen molar-refractivity contribution in [1.82, 2.24) is 19.4 Å². The fourth-order valence-electron chi connectivity index (χ4n) is 4.05. The molecule has 6 heteroatoms. The summed E-state index contributed by atoms with van der Waals surface area (Å²) in [6, 6.07) is 10.2. The second kappa shape index (κ2) is 7.60. The largest absolute Gasteiger partial charge is 0.373 e. The van der Waals surface area contributed by atoms with Crippen molar-refractivity contribution < 1.29 is 9.53 Å². The molecule has 3 heterocycles. The number of rotatable bonds is 4. The monoisotopic (exact) mass is 354 g/mol. The Labute approximate surface area is 154 Å². The molecule has 0 saturated carbocycles. The van der Waals surface area contributed by atoms with Crippen LogP contribution >= 0.6 is 0 Å². The summed E-state index contributed by atoms with van der Waals surface area (Å²) in [7, 11) is 1.88. The Morgan fingerprint density at radius 2 is 1.96 bits per heavy atom. The lowest BCUT2D eigenvalue weighted by atomic mass is 9.97. The first kappa shape index (κ1) is 17.2. The Hall–Kier alpha value is -2.18. The van der Waals surface area contributed by atoms with Gasteiger partial charge >= 0.3 is 0 Å². The summed E-state index contributed by atoms with van der Waals surface area (Å²) in [6.07, 6.45) is 5.94. The number of benzene rings is 1. The Morgan fingerprint density at radius 3 is 2.65 bits per heavy atom. The van der Waals surface area contributed by atoms with Gasteiger partial charge < -0.3 is 19.1 Å². The molecule has 0 spiro atoms. The van der Waals surface area contributed by atoms with Crippen molar-refractivity contribution in [2.24, 2.45) is 7.05 Å². The summed E-state index contributed by atoms with van der Waals surface area (Å²) in [5, 5.41) is 0. The second-order valence-electron chi connectivity index (χ2n) is 7.20. The Bertz CT molecular complexity index is 739. The van der Waals surface area contributed by atoms with E-state index >= 15 is 0 Å². The lowest BCUT2D eigenvalue weighted by molar-refractivity contribution is -0.0708. The molecule has 2 aliphatic rings. The van der Waals surface area contributed by atoms with Crippen molar-refractivity contribution in [1.29, 1.82) is 0 Å². The lowest BCUT2D eigenvalue weighted by Gasteiger charge is -2.42. The Kier molecular flexibility index (Phi) is 5.04. The van der Waals surface area contributed by atoms with E-state index < -0.39 is 0 Å². The molecule has 4 rings (SSSR count). The van der Waals surface area contributed by atoms with Crippen LogP contribution in [-0.2, 0) is 11.8 Å². The molecular weight excluding hydrogens is 328 g/mol. The minimum Gasteiger partial charge on any atom is -0.373 e. The number of carbonyl (C=O) groups is 1. The highest BCUT2D eigenvalue weighted by atomic mass is 16.5. The molecular formula is C20H26N4O2. The van der Waals surface area contributed by atoms with Gasteiger partial charge in [0.05, 0.1) is 25.1 Å². The van der Waals surface area contributed by atoms with Gasteiger partial charge in [-0.15, -0.1) is 0 Å². The zero-order valence-corrected chi connectivity index (χ0v) is 15.3. The van der Waals surface area contributed by atoms with Crippen LogP contribution < -0.4 is 0 Å². The van der Waals surface area contributed by atoms with Crippen LogP contribution in [0.4, 0.5) is 0 Å². The third-order valence-electron chi connectivity index (χ3n) is 5.31. The number of ether oxygens (including phenoxy) is 1. The lowest BCUT2D eigenvalue weighted by Crippen LogP contribution is -2.51. The van der Waals surface area contributed by atoms with E-state index in [4.69, 9.17) is 4.74 Å². The van der Waals surface area contributed by atoms with Gasteiger partial charge in [0.1, 0.15) is 5.69 Å². The number of imidazole rings is 1. The normalized spacial score (nSPS) is 24.1. The van der Waals surface area contributed by atoms with E-state index in [1.807, 2.05) is 34.7 Å². The average molecular weight is 354 g/mol. The molecule has 0 N–H and O–H groups in total. The molecule has 2 atom stereocenters. The topological polar surface area (TPSA) is 50.6 Å². The first-order valence-electron chi connectivity index (χ1n) is 9.40. The minimum absolute atomic E-state index is 0.0167. The summed E-state index contributed by atoms with van der Waals surface area (Å²) in [5.41, 5.74) is 1.62. The molecule has 138 valence electrons. The summed E-state index contributed by atoms with van der Waals surface area (Å²) in [6.45, 7) is 4.27. The van der Waals surface area contributed by atoms with E-state index in [1.165, 1.54) is 12.8 Å². The third-order valence-corrected chi connectivity index (χ3v) is 5.31. The fourth-order valence-corrected chi connectivity index (χ4v) is 4.05. The molecule has 2 aromatic rings. The van der Waals surface area contributed by atoms with E-state index in [1.54, 1.807) is 12.5 Å². The minimum atomic E-state index is -0.0833. The Balaban J connectivity index is 1.63. The standard InChI is InChI=1S/C20H26N4O2/c1-22-13-17(21-15-22)20(25)24-11-12-26-18(14-23-9-5-6-10-23)19(24)16-7-3-2-4-8-16/h2-4,7-8,13,15,18-19H,5-6,9-12,14H2,1H3/t18-,19-/m0/s1. The van der Waals surface area contributed by atoms with E-state index in [9.17, 15) is 4.79 Å². The second-order valence-corrected chi connectivity index (χ2v) is 7.20. The van der Waals surface area contributed by atoms with E-state index in [0.717, 1.165) is 25.2 Å². The van der Waals surface area contributed by atoms with Gasteiger partial charge in [-0.05, 0) is 31.5 Å². The van der Waals surface area contributed by atoms with E-state index in [0.29, 0.717) is 18.8 Å². The van der Waals surface area contributed by atoms with Gasteiger partial charge in [0, 0.05) is 26.3 Å². The molecule has 1 aromatic heterocycles. The van der Waals surface area contributed by atoms with Crippen LogP contribution in [-0.4, -0.2) is 64.1 Å². The van der Waals surface area contributed by atoms with Crippen molar-refractivity contribution in [3.05, 3.63) is 54.1 Å². The predicted octanol–water partition coefficient (Wildman–Crippen LogP) is 2.10. The van der Waals surface area contributed by atoms with Crippen LogP contribution in [0.1, 0.15) is 34.9 Å². The number of morpholine rings is 1. The van der Waals surface area contributed by atoms with Gasteiger partial charge in [-0.2, -0.15) is 0 Å². The molecule has 1 amide bonds. The smallest absolute Gasteiger partial charge is 0.274 e. The fraction of sp³-hybridized carbons (Fsp3) is 0.500. The summed E-state index contributed by atoms with van der Waals surface area (Å²) in [5.74, 6) is -0.0193. The highest BCUT2D eigenvalue weighted by Crippen LogP contribution is 2.31. The van der Waals surface area contributed by atoms with Crippen LogP contribution in [0, 0.1) is 0 Å². The van der Waals surface area contributed by atoms with Gasteiger partial charge in [-0.1, -0.05) is 30.3 Å². The van der Waals surface area contributed by atoms with Crippen LogP contribution in [0.15, 0.2) is 42.9 Å². The van der Waals surface area contributed by atoms with Gasteiger partial charge in [-0.3, -0.25) is 4.79 Å². The SMILES string of the molecule is Cn1cnc(C(=O)N2CCO[C@@H](CN3CCCC3)[C@@H]2c2ccccc2)c1. The molecule has 0 unspecified atom stereocenters. The van der Waals surface area contributed by atoms with Crippen LogP contribution in [0.2, 0.25) is 0 Å². The van der Waals surface area contributed by atoms with E-state index in [2.05, 4.69) is 22.0 Å². The zero-order chi connectivity index (χ0) is 17.9. The van der Waals surface area contributed by atoms with Gasteiger partial charge in [0.2, 0.25) is 0 Å². The summed E-state index contributed by atoms with van der Waals surface area (Å²) in [4.78, 5) is 21.8. The average Bonchev–Trinajstić information content (AvgIpc) is 3.33. The highest BCUT2D eigenvalue weighted by Gasteiger charge is 2.38. The molecule has 0 radical (unpaired) electrons. The summed E-state index contributed by atoms with van der Waals surface area (Å²) < 4.78 is 7.98. The number of hydrogen-bond donors (Lipinski definition) is 0. The molecule has 1 aromatic carbocycles. The Morgan fingerprint density at radius 1 is 1.19 bits per heavy atom. The van der Waals surface area contributed by atoms with Crippen molar-refractivity contribution in [2.75, 3.05) is 32.8 Å². The maximum Gasteiger partial charge on any atom is 0.274 e. The van der Waals surface area contributed by atoms with Crippen molar-refractivity contribution in [3.63, 3.8) is 0 Å². The van der Waals surface area contributed by atoms with Crippen LogP contribution in [0.25, 0.3) is 0 Å². The third kappa shape index (κ3) is 3.52. The van der Waals surface area contributed by atoms with Crippen molar-refractivity contribution >= 4 is 5.91 Å². The maximum absolute atomic E-state index is 13.2. The molecule has 2 fully saturated rings. The number of aryl methyl sites for hydroxylation is 1. The van der Waals surface area contributed by atoms with Crippen molar-refractivity contribution in [3.8, 4) is 0 Å². The van der Waals surface area contributed by atoms with Crippen molar-refractivity contribution in [2.45, 2.75) is 25.0 Å². The number of amides is 1. The van der Waals surface area contributed by atoms with Gasteiger partial charge in [-0.25, -0.2) is 4.98 Å².